The zero-order chi connectivity index (χ0) is 29.3. The summed E-state index contributed by atoms with van der Waals surface area (Å²) in [5.74, 6) is 1.12. The second-order valence-electron chi connectivity index (χ2n) is 12.0. The van der Waals surface area contributed by atoms with Crippen molar-refractivity contribution in [3.05, 3.63) is 53.9 Å². The van der Waals surface area contributed by atoms with E-state index in [1.54, 1.807) is 7.11 Å². The molecule has 9 nitrogen and oxygen atoms in total. The van der Waals surface area contributed by atoms with Gasteiger partial charge in [-0.2, -0.15) is 0 Å². The summed E-state index contributed by atoms with van der Waals surface area (Å²) < 4.78 is 8.11. The Morgan fingerprint density at radius 1 is 1.17 bits per heavy atom. The fraction of sp³-hybridized carbons (Fsp3) is 0.438. The highest BCUT2D eigenvalue weighted by Gasteiger charge is 2.22. The topological polar surface area (TPSA) is 105 Å². The van der Waals surface area contributed by atoms with E-state index in [1.807, 2.05) is 39.2 Å². The smallest absolute Gasteiger partial charge is 0.227 e. The highest BCUT2D eigenvalue weighted by molar-refractivity contribution is 5.98. The number of ether oxygens (including phenoxy) is 1. The van der Waals surface area contributed by atoms with Crippen LogP contribution < -0.4 is 20.7 Å². The van der Waals surface area contributed by atoms with Crippen LogP contribution in [0.4, 0.5) is 23.0 Å². The molecule has 0 saturated carbocycles. The molecule has 0 unspecified atom stereocenters. The fourth-order valence-corrected chi connectivity index (χ4v) is 5.54. The maximum Gasteiger partial charge on any atom is 0.227 e. The number of para-hydroxylation sites is 1. The molecule has 0 radical (unpaired) electrons. The quantitative estimate of drug-likeness (QED) is 0.219. The zero-order valence-electron chi connectivity index (χ0n) is 25.2. The van der Waals surface area contributed by atoms with Gasteiger partial charge in [0.15, 0.2) is 0 Å². The van der Waals surface area contributed by atoms with Crippen molar-refractivity contribution in [1.29, 1.82) is 0 Å². The van der Waals surface area contributed by atoms with Crippen molar-refractivity contribution >= 4 is 33.9 Å². The van der Waals surface area contributed by atoms with Gasteiger partial charge in [-0.05, 0) is 70.8 Å². The van der Waals surface area contributed by atoms with Gasteiger partial charge < -0.3 is 35.3 Å². The summed E-state index contributed by atoms with van der Waals surface area (Å²) in [4.78, 5) is 14.0. The van der Waals surface area contributed by atoms with Crippen LogP contribution in [0.25, 0.3) is 22.2 Å². The molecular weight excluding hydrogens is 514 g/mol. The Balaban J connectivity index is 1.53. The van der Waals surface area contributed by atoms with Crippen molar-refractivity contribution in [2.24, 2.45) is 0 Å². The van der Waals surface area contributed by atoms with E-state index in [9.17, 15) is 5.11 Å². The van der Waals surface area contributed by atoms with Crippen LogP contribution in [0.2, 0.25) is 0 Å². The molecule has 0 spiro atoms. The molecule has 0 aliphatic carbocycles. The predicted octanol–water partition coefficient (Wildman–Crippen LogP) is 5.08. The van der Waals surface area contributed by atoms with E-state index in [0.717, 1.165) is 55.0 Å². The van der Waals surface area contributed by atoms with Gasteiger partial charge in [0.2, 0.25) is 5.95 Å². The summed E-state index contributed by atoms with van der Waals surface area (Å²) >= 11 is 0. The standard InChI is InChI=1S/C32H43N7O2/c1-32(2,40)13-12-22-19-34-31(35-26-17-25(33)27(18-28(26)41-6)38(5)16-15-37(3)4)36-29(22)24-20-39-14-8-10-21-9-7-11-23(24)30(21)39/h7,9,11,17-20,40H,8,10,12-16,33H2,1-6H3,(H,34,35,36). The summed E-state index contributed by atoms with van der Waals surface area (Å²) in [5.41, 5.74) is 13.6. The van der Waals surface area contributed by atoms with E-state index in [2.05, 4.69) is 63.2 Å². The molecule has 2 aromatic heterocycles. The van der Waals surface area contributed by atoms with Gasteiger partial charge in [-0.25, -0.2) is 9.97 Å². The highest BCUT2D eigenvalue weighted by atomic mass is 16.5. The molecule has 4 N–H and O–H groups in total. The number of nitrogens with one attached hydrogen (secondary N) is 1. The molecule has 1 aliphatic rings. The SMILES string of the molecule is COc1cc(N(C)CCN(C)C)c(N)cc1Nc1ncc(CCC(C)(C)O)c(-c2cn3c4c(cccc24)CCC3)n1. The van der Waals surface area contributed by atoms with E-state index in [-0.39, 0.29) is 0 Å². The van der Waals surface area contributed by atoms with Crippen molar-refractivity contribution < 1.29 is 9.84 Å². The van der Waals surface area contributed by atoms with Gasteiger partial charge in [-0.15, -0.1) is 0 Å². The van der Waals surface area contributed by atoms with Crippen molar-refractivity contribution in [2.45, 2.75) is 51.7 Å². The molecule has 41 heavy (non-hydrogen) atoms. The summed E-state index contributed by atoms with van der Waals surface area (Å²) in [5, 5.41) is 15.0. The first-order valence-corrected chi connectivity index (χ1v) is 14.3. The van der Waals surface area contributed by atoms with Crippen LogP contribution in [0.5, 0.6) is 5.75 Å². The minimum atomic E-state index is -0.787. The number of aliphatic hydroxyl groups is 1. The van der Waals surface area contributed by atoms with Gasteiger partial charge in [0.05, 0.1) is 41.0 Å². The van der Waals surface area contributed by atoms with Crippen molar-refractivity contribution in [3.63, 3.8) is 0 Å². The Hall–Kier alpha value is -3.82. The van der Waals surface area contributed by atoms with Crippen LogP contribution in [-0.4, -0.2) is 71.5 Å². The molecule has 4 aromatic rings. The van der Waals surface area contributed by atoms with Gasteiger partial charge in [0, 0.05) is 56.1 Å². The lowest BCUT2D eigenvalue weighted by Crippen LogP contribution is -2.29. The first-order chi connectivity index (χ1) is 19.5. The van der Waals surface area contributed by atoms with Crippen molar-refractivity contribution in [3.8, 4) is 17.0 Å². The second kappa shape index (κ2) is 11.6. The number of nitrogen functional groups attached to an aromatic ring is 1. The Kier molecular flexibility index (Phi) is 8.11. The van der Waals surface area contributed by atoms with E-state index in [1.165, 1.54) is 16.5 Å². The molecule has 0 amide bonds. The van der Waals surface area contributed by atoms with Gasteiger partial charge in [-0.1, -0.05) is 18.2 Å². The second-order valence-corrected chi connectivity index (χ2v) is 12.0. The molecule has 5 rings (SSSR count). The van der Waals surface area contributed by atoms with Crippen LogP contribution in [0.15, 0.2) is 42.7 Å². The third-order valence-electron chi connectivity index (χ3n) is 7.84. The number of nitrogens with zero attached hydrogens (tertiary/aromatic N) is 5. The number of benzene rings is 2. The van der Waals surface area contributed by atoms with Crippen LogP contribution in [0, 0.1) is 0 Å². The summed E-state index contributed by atoms with van der Waals surface area (Å²) in [6, 6.07) is 10.4. The van der Waals surface area contributed by atoms with Gasteiger partial charge in [0.25, 0.3) is 0 Å². The van der Waals surface area contributed by atoms with E-state index >= 15 is 0 Å². The maximum atomic E-state index is 10.5. The van der Waals surface area contributed by atoms with Gasteiger partial charge in [0.1, 0.15) is 5.75 Å². The number of rotatable bonds is 11. The van der Waals surface area contributed by atoms with Gasteiger partial charge in [-0.3, -0.25) is 0 Å². The van der Waals surface area contributed by atoms with Crippen molar-refractivity contribution in [1.82, 2.24) is 19.4 Å². The molecular formula is C32H43N7O2. The molecule has 9 heteroatoms. The molecule has 0 atom stereocenters. The van der Waals surface area contributed by atoms with Crippen LogP contribution in [0.1, 0.15) is 37.8 Å². The minimum absolute atomic E-state index is 0.463. The number of anilines is 4. The van der Waals surface area contributed by atoms with Crippen LogP contribution in [-0.2, 0) is 19.4 Å². The first kappa shape index (κ1) is 28.7. The number of hydrogen-bond acceptors (Lipinski definition) is 8. The predicted molar refractivity (Wildman–Crippen MR) is 168 cm³/mol. The van der Waals surface area contributed by atoms with E-state index in [4.69, 9.17) is 15.5 Å². The zero-order valence-corrected chi connectivity index (χ0v) is 25.2. The number of methoxy groups -OCH3 is 1. The molecule has 0 saturated heterocycles. The molecule has 0 bridgehead atoms. The maximum absolute atomic E-state index is 10.5. The van der Waals surface area contributed by atoms with Crippen LogP contribution in [0.3, 0.4) is 0 Å². The first-order valence-electron chi connectivity index (χ1n) is 14.3. The summed E-state index contributed by atoms with van der Waals surface area (Å²) in [6.07, 6.45) is 7.59. The normalized spacial score (nSPS) is 13.2. The molecule has 218 valence electrons. The fourth-order valence-electron chi connectivity index (χ4n) is 5.54. The monoisotopic (exact) mass is 557 g/mol. The number of likely N-dealkylation sites (N-methyl/N-ethyl adjacent to an activating group) is 2. The van der Waals surface area contributed by atoms with E-state index in [0.29, 0.717) is 35.9 Å². The lowest BCUT2D eigenvalue weighted by atomic mass is 9.96. The molecule has 2 aromatic carbocycles. The average molecular weight is 558 g/mol. The van der Waals surface area contributed by atoms with E-state index < -0.39 is 5.60 Å². The Morgan fingerprint density at radius 3 is 2.71 bits per heavy atom. The average Bonchev–Trinajstić information content (AvgIpc) is 3.31. The van der Waals surface area contributed by atoms with Crippen molar-refractivity contribution in [2.75, 3.05) is 57.3 Å². The highest BCUT2D eigenvalue weighted by Crippen LogP contribution is 2.39. The Bertz CT molecular complexity index is 1540. The molecule has 3 heterocycles. The Labute approximate surface area is 243 Å². The number of hydrogen-bond donors (Lipinski definition) is 3. The lowest BCUT2D eigenvalue weighted by Gasteiger charge is -2.24. The summed E-state index contributed by atoms with van der Waals surface area (Å²) in [6.45, 7) is 6.41. The Morgan fingerprint density at radius 2 is 1.98 bits per heavy atom. The molecule has 1 aliphatic heterocycles. The minimum Gasteiger partial charge on any atom is -0.494 e. The lowest BCUT2D eigenvalue weighted by molar-refractivity contribution is 0.0714. The summed E-state index contributed by atoms with van der Waals surface area (Å²) in [7, 11) is 7.79. The van der Waals surface area contributed by atoms with Gasteiger partial charge >= 0.3 is 0 Å². The number of nitrogens with two attached hydrogens (primary N) is 1. The number of aryl methyl sites for hydroxylation is 3. The largest absolute Gasteiger partial charge is 0.494 e. The third kappa shape index (κ3) is 6.26. The number of aromatic nitrogens is 3. The molecule has 0 fully saturated rings. The van der Waals surface area contributed by atoms with Crippen LogP contribution >= 0.6 is 0 Å². The third-order valence-corrected chi connectivity index (χ3v) is 7.84.